The zero-order chi connectivity index (χ0) is 17.8. The molecule has 0 unspecified atom stereocenters. The first-order valence-electron chi connectivity index (χ1n) is 8.39. The summed E-state index contributed by atoms with van der Waals surface area (Å²) < 4.78 is 2.07. The van der Waals surface area contributed by atoms with Crippen LogP contribution in [0.3, 0.4) is 0 Å². The largest absolute Gasteiger partial charge is 0.175 e. The number of hydrogen-bond donors (Lipinski definition) is 0. The molecule has 0 N–H and O–H groups in total. The molecule has 3 aromatic carbocycles. The molecule has 4 aromatic rings. The minimum absolute atomic E-state index is 0.915. The van der Waals surface area contributed by atoms with Crippen LogP contribution in [0.25, 0.3) is 10.8 Å². The number of aryl methyl sites for hydroxylation is 1. The molecule has 0 spiro atoms. The average Bonchev–Trinajstić information content (AvgIpc) is 3.14. The molecular formula is C21H18N2S3. The number of fused-ring (bicyclic) bond motifs is 1. The van der Waals surface area contributed by atoms with Crippen molar-refractivity contribution in [2.24, 2.45) is 0 Å². The first kappa shape index (κ1) is 17.6. The van der Waals surface area contributed by atoms with Gasteiger partial charge in [-0.1, -0.05) is 107 Å². The smallest absolute Gasteiger partial charge is 0.131 e. The standard InChI is InChI=1S/C21H18N2S3/c1-15-9-11-16(12-10-15)13-24-20-22-23-21(26-20)25-14-18-7-4-6-17-5-2-3-8-19(17)18/h2-12H,13-14H2,1H3. The van der Waals surface area contributed by atoms with Crippen molar-refractivity contribution in [3.8, 4) is 0 Å². The van der Waals surface area contributed by atoms with Gasteiger partial charge in [-0.2, -0.15) is 0 Å². The van der Waals surface area contributed by atoms with E-state index in [0.717, 1.165) is 20.2 Å². The molecule has 0 aliphatic rings. The van der Waals surface area contributed by atoms with Gasteiger partial charge in [0.1, 0.15) is 0 Å². The Hall–Kier alpha value is -1.82. The predicted octanol–water partition coefficient (Wildman–Crippen LogP) is 6.58. The van der Waals surface area contributed by atoms with E-state index in [1.54, 1.807) is 34.9 Å². The number of rotatable bonds is 6. The highest BCUT2D eigenvalue weighted by atomic mass is 32.2. The molecule has 4 rings (SSSR count). The highest BCUT2D eigenvalue weighted by Gasteiger charge is 2.08. The molecule has 1 aromatic heterocycles. The second kappa shape index (κ2) is 8.25. The molecule has 0 radical (unpaired) electrons. The SMILES string of the molecule is Cc1ccc(CSc2nnc(SCc3cccc4ccccc34)s2)cc1. The summed E-state index contributed by atoms with van der Waals surface area (Å²) in [5, 5.41) is 11.3. The molecule has 0 fully saturated rings. The van der Waals surface area contributed by atoms with E-state index < -0.39 is 0 Å². The van der Waals surface area contributed by atoms with Crippen LogP contribution < -0.4 is 0 Å². The zero-order valence-corrected chi connectivity index (χ0v) is 16.8. The van der Waals surface area contributed by atoms with Gasteiger partial charge in [0.15, 0.2) is 8.68 Å². The predicted molar refractivity (Wildman–Crippen MR) is 114 cm³/mol. The summed E-state index contributed by atoms with van der Waals surface area (Å²) in [7, 11) is 0. The van der Waals surface area contributed by atoms with Crippen molar-refractivity contribution in [1.29, 1.82) is 0 Å². The van der Waals surface area contributed by atoms with Crippen LogP contribution in [-0.2, 0) is 11.5 Å². The second-order valence-electron chi connectivity index (χ2n) is 6.04. The van der Waals surface area contributed by atoms with E-state index in [-0.39, 0.29) is 0 Å². The van der Waals surface area contributed by atoms with Gasteiger partial charge in [0.2, 0.25) is 0 Å². The van der Waals surface area contributed by atoms with Crippen molar-refractivity contribution in [3.05, 3.63) is 83.4 Å². The van der Waals surface area contributed by atoms with E-state index in [9.17, 15) is 0 Å². The van der Waals surface area contributed by atoms with Crippen LogP contribution in [0.2, 0.25) is 0 Å². The van der Waals surface area contributed by atoms with Gasteiger partial charge < -0.3 is 0 Å². The van der Waals surface area contributed by atoms with Gasteiger partial charge in [-0.15, -0.1) is 10.2 Å². The van der Waals surface area contributed by atoms with Crippen LogP contribution in [-0.4, -0.2) is 10.2 Å². The van der Waals surface area contributed by atoms with E-state index in [1.165, 1.54) is 27.5 Å². The second-order valence-corrected chi connectivity index (χ2v) is 9.46. The molecule has 0 atom stereocenters. The Morgan fingerprint density at radius 2 is 1.46 bits per heavy atom. The monoisotopic (exact) mass is 394 g/mol. The number of aromatic nitrogens is 2. The fourth-order valence-electron chi connectivity index (χ4n) is 2.70. The summed E-state index contributed by atoms with van der Waals surface area (Å²) in [6.07, 6.45) is 0. The van der Waals surface area contributed by atoms with Gasteiger partial charge in [0.05, 0.1) is 0 Å². The first-order valence-corrected chi connectivity index (χ1v) is 11.2. The Bertz CT molecular complexity index is 1000. The Labute approximate surface area is 166 Å². The summed E-state index contributed by atoms with van der Waals surface area (Å²) >= 11 is 5.20. The van der Waals surface area contributed by atoms with Gasteiger partial charge in [-0.25, -0.2) is 0 Å². The molecule has 0 bridgehead atoms. The van der Waals surface area contributed by atoms with Crippen LogP contribution >= 0.6 is 34.9 Å². The maximum absolute atomic E-state index is 4.35. The zero-order valence-electron chi connectivity index (χ0n) is 14.4. The average molecular weight is 395 g/mol. The van der Waals surface area contributed by atoms with Crippen molar-refractivity contribution in [2.45, 2.75) is 27.1 Å². The summed E-state index contributed by atoms with van der Waals surface area (Å²) in [6, 6.07) is 23.7. The van der Waals surface area contributed by atoms with Crippen LogP contribution in [0.5, 0.6) is 0 Å². The lowest BCUT2D eigenvalue weighted by atomic mass is 10.1. The Morgan fingerprint density at radius 1 is 0.769 bits per heavy atom. The molecule has 0 aliphatic carbocycles. The first-order chi connectivity index (χ1) is 12.8. The van der Waals surface area contributed by atoms with Gasteiger partial charge in [-0.3, -0.25) is 0 Å². The van der Waals surface area contributed by atoms with E-state index in [1.807, 2.05) is 0 Å². The lowest BCUT2D eigenvalue weighted by Crippen LogP contribution is -1.83. The van der Waals surface area contributed by atoms with Crippen molar-refractivity contribution < 1.29 is 0 Å². The van der Waals surface area contributed by atoms with E-state index in [2.05, 4.69) is 83.9 Å². The van der Waals surface area contributed by atoms with Crippen LogP contribution in [0.1, 0.15) is 16.7 Å². The summed E-state index contributed by atoms with van der Waals surface area (Å²) in [5.41, 5.74) is 3.96. The third-order valence-electron chi connectivity index (χ3n) is 4.10. The Morgan fingerprint density at radius 3 is 2.27 bits per heavy atom. The fourth-order valence-corrected chi connectivity index (χ4v) is 5.68. The minimum atomic E-state index is 0.915. The summed E-state index contributed by atoms with van der Waals surface area (Å²) in [5.74, 6) is 1.85. The lowest BCUT2D eigenvalue weighted by molar-refractivity contribution is 0.954. The third kappa shape index (κ3) is 4.29. The third-order valence-corrected chi connectivity index (χ3v) is 7.41. The molecule has 2 nitrogen and oxygen atoms in total. The van der Waals surface area contributed by atoms with Gasteiger partial charge in [0.25, 0.3) is 0 Å². The molecule has 0 saturated heterocycles. The van der Waals surface area contributed by atoms with Gasteiger partial charge >= 0.3 is 0 Å². The highest BCUT2D eigenvalue weighted by molar-refractivity contribution is 8.02. The Kier molecular flexibility index (Phi) is 5.58. The molecule has 0 amide bonds. The minimum Gasteiger partial charge on any atom is -0.131 e. The fraction of sp³-hybridized carbons (Fsp3) is 0.143. The summed E-state index contributed by atoms with van der Waals surface area (Å²) in [6.45, 7) is 2.11. The van der Waals surface area contributed by atoms with Crippen molar-refractivity contribution in [2.75, 3.05) is 0 Å². The molecule has 0 aliphatic heterocycles. The van der Waals surface area contributed by atoms with E-state index in [4.69, 9.17) is 0 Å². The van der Waals surface area contributed by atoms with E-state index in [0.29, 0.717) is 0 Å². The topological polar surface area (TPSA) is 25.8 Å². The van der Waals surface area contributed by atoms with Crippen molar-refractivity contribution in [1.82, 2.24) is 10.2 Å². The molecule has 130 valence electrons. The molecule has 0 saturated carbocycles. The van der Waals surface area contributed by atoms with Crippen LogP contribution in [0.4, 0.5) is 0 Å². The summed E-state index contributed by atoms with van der Waals surface area (Å²) in [4.78, 5) is 0. The van der Waals surface area contributed by atoms with Gasteiger partial charge in [-0.05, 0) is 28.8 Å². The molecule has 1 heterocycles. The molecular weight excluding hydrogens is 376 g/mol. The number of hydrogen-bond acceptors (Lipinski definition) is 5. The maximum Gasteiger partial charge on any atom is 0.175 e. The lowest BCUT2D eigenvalue weighted by Gasteiger charge is -2.04. The Balaban J connectivity index is 1.38. The normalized spacial score (nSPS) is 11.1. The quantitative estimate of drug-likeness (QED) is 0.345. The van der Waals surface area contributed by atoms with Gasteiger partial charge in [0, 0.05) is 11.5 Å². The number of thioether (sulfide) groups is 2. The number of nitrogens with zero attached hydrogens (tertiary/aromatic N) is 2. The van der Waals surface area contributed by atoms with E-state index >= 15 is 0 Å². The van der Waals surface area contributed by atoms with Crippen molar-refractivity contribution in [3.63, 3.8) is 0 Å². The molecule has 5 heteroatoms. The molecule has 26 heavy (non-hydrogen) atoms. The van der Waals surface area contributed by atoms with Crippen molar-refractivity contribution >= 4 is 45.6 Å². The maximum atomic E-state index is 4.35. The van der Waals surface area contributed by atoms with Crippen LogP contribution in [0, 0.1) is 6.92 Å². The highest BCUT2D eigenvalue weighted by Crippen LogP contribution is 2.33. The van der Waals surface area contributed by atoms with Crippen LogP contribution in [0.15, 0.2) is 75.4 Å². The number of benzene rings is 3.